The van der Waals surface area contributed by atoms with Crippen molar-refractivity contribution >= 4 is 6.21 Å². The van der Waals surface area contributed by atoms with Gasteiger partial charge in [0.1, 0.15) is 12.0 Å². The van der Waals surface area contributed by atoms with Crippen LogP contribution in [-0.4, -0.2) is 19.0 Å². The van der Waals surface area contributed by atoms with Crippen LogP contribution in [0.1, 0.15) is 19.4 Å². The molecule has 1 rings (SSSR count). The quantitative estimate of drug-likeness (QED) is 0.428. The van der Waals surface area contributed by atoms with Gasteiger partial charge in [-0.2, -0.15) is 0 Å². The predicted octanol–water partition coefficient (Wildman–Crippen LogP) is 1.83. The summed E-state index contributed by atoms with van der Waals surface area (Å²) in [6.07, 6.45) is 0.926. The van der Waals surface area contributed by atoms with Gasteiger partial charge in [0.15, 0.2) is 0 Å². The van der Waals surface area contributed by atoms with E-state index in [1.165, 1.54) is 0 Å². The molecule has 0 aromatic heterocycles. The first kappa shape index (κ1) is 14.8. The first-order valence-corrected chi connectivity index (χ1v) is 6.12. The fourth-order valence-corrected chi connectivity index (χ4v) is 1.43. The number of allylic oxidation sites excluding steroid dienone is 1. The van der Waals surface area contributed by atoms with Crippen LogP contribution < -0.4 is 11.1 Å². The lowest BCUT2D eigenvalue weighted by atomic mass is 10.2. The molecule has 100 valence electrons. The summed E-state index contributed by atoms with van der Waals surface area (Å²) >= 11 is 0. The second-order valence-corrected chi connectivity index (χ2v) is 3.83. The van der Waals surface area contributed by atoms with Crippen LogP contribution in [0.5, 0.6) is 0 Å². The van der Waals surface area contributed by atoms with E-state index in [1.54, 1.807) is 0 Å². The number of hydrogen-bond donors (Lipinski definition) is 3. The molecule has 0 fully saturated rings. The van der Waals surface area contributed by atoms with Crippen LogP contribution >= 0.6 is 0 Å². The summed E-state index contributed by atoms with van der Waals surface area (Å²) in [5.41, 5.74) is 7.18. The lowest BCUT2D eigenvalue weighted by molar-refractivity contribution is 0.0590. The summed E-state index contributed by atoms with van der Waals surface area (Å²) < 4.78 is 5.32. The molecule has 1 aromatic carbocycles. The number of benzene rings is 1. The van der Waals surface area contributed by atoms with Crippen molar-refractivity contribution in [2.75, 3.05) is 6.61 Å². The Morgan fingerprint density at radius 3 is 2.74 bits per heavy atom. The van der Waals surface area contributed by atoms with E-state index < -0.39 is 0 Å². The molecule has 0 spiro atoms. The van der Waals surface area contributed by atoms with E-state index in [0.29, 0.717) is 18.0 Å². The third-order valence-electron chi connectivity index (χ3n) is 2.33. The third-order valence-corrected chi connectivity index (χ3v) is 2.33. The molecule has 4 heteroatoms. The zero-order chi connectivity index (χ0) is 14.1. The summed E-state index contributed by atoms with van der Waals surface area (Å²) in [6, 6.07) is 9.56. The van der Waals surface area contributed by atoms with Crippen LogP contribution in [0.2, 0.25) is 0 Å². The van der Waals surface area contributed by atoms with Gasteiger partial charge in [0.05, 0.1) is 5.57 Å². The zero-order valence-electron chi connectivity index (χ0n) is 11.2. The second-order valence-electron chi connectivity index (χ2n) is 3.83. The van der Waals surface area contributed by atoms with Crippen molar-refractivity contribution in [3.63, 3.8) is 0 Å². The Morgan fingerprint density at radius 1 is 1.47 bits per heavy atom. The normalized spacial score (nSPS) is 12.7. The maximum atomic E-state index is 7.36. The van der Waals surface area contributed by atoms with Gasteiger partial charge in [-0.3, -0.25) is 0 Å². The molecule has 4 nitrogen and oxygen atoms in total. The van der Waals surface area contributed by atoms with Crippen molar-refractivity contribution < 1.29 is 4.74 Å². The molecule has 1 unspecified atom stereocenters. The highest BCUT2D eigenvalue weighted by Gasteiger charge is 2.03. The Bertz CT molecular complexity index is 497. The van der Waals surface area contributed by atoms with Crippen molar-refractivity contribution in [3.05, 3.63) is 47.3 Å². The van der Waals surface area contributed by atoms with Gasteiger partial charge in [-0.25, -0.2) is 0 Å². The van der Waals surface area contributed by atoms with Crippen molar-refractivity contribution in [2.24, 2.45) is 5.73 Å². The summed E-state index contributed by atoms with van der Waals surface area (Å²) in [7, 11) is 0. The SMILES string of the molecule is CCOC(C)N/C(N)=C(/C#Cc1ccccc1)C=N. The van der Waals surface area contributed by atoms with Crippen LogP contribution in [0.25, 0.3) is 0 Å². The highest BCUT2D eigenvalue weighted by Crippen LogP contribution is 1.98. The third kappa shape index (κ3) is 5.28. The molecule has 0 saturated heterocycles. The number of nitrogens with two attached hydrogens (primary N) is 1. The molecule has 0 aliphatic rings. The summed E-state index contributed by atoms with van der Waals surface area (Å²) in [5.74, 6) is 6.18. The molecule has 1 aromatic rings. The summed E-state index contributed by atoms with van der Waals surface area (Å²) in [6.45, 7) is 4.35. The van der Waals surface area contributed by atoms with Crippen molar-refractivity contribution in [2.45, 2.75) is 20.1 Å². The van der Waals surface area contributed by atoms with E-state index >= 15 is 0 Å². The Kier molecular flexibility index (Phi) is 6.20. The summed E-state index contributed by atoms with van der Waals surface area (Å²) in [5, 5.41) is 10.3. The fraction of sp³-hybridized carbons (Fsp3) is 0.267. The molecule has 0 bridgehead atoms. The topological polar surface area (TPSA) is 71.1 Å². The lowest BCUT2D eigenvalue weighted by Gasteiger charge is -2.15. The molecule has 4 N–H and O–H groups in total. The van der Waals surface area contributed by atoms with E-state index in [2.05, 4.69) is 17.2 Å². The van der Waals surface area contributed by atoms with Gasteiger partial charge in [-0.15, -0.1) is 0 Å². The highest BCUT2D eigenvalue weighted by atomic mass is 16.5. The molecular formula is C15H19N3O. The van der Waals surface area contributed by atoms with E-state index in [9.17, 15) is 0 Å². The standard InChI is InChI=1S/C15H19N3O/c1-3-19-12(2)18-15(17)14(11-16)10-9-13-7-5-4-6-8-13/h4-8,11-12,16,18H,3,17H2,1-2H3/b15-14-,16-11?. The lowest BCUT2D eigenvalue weighted by Crippen LogP contribution is -2.33. The first-order chi connectivity index (χ1) is 9.17. The predicted molar refractivity (Wildman–Crippen MR) is 77.5 cm³/mol. The smallest absolute Gasteiger partial charge is 0.125 e. The van der Waals surface area contributed by atoms with Crippen molar-refractivity contribution in [3.8, 4) is 11.8 Å². The van der Waals surface area contributed by atoms with Crippen LogP contribution in [0.4, 0.5) is 0 Å². The van der Waals surface area contributed by atoms with E-state index in [1.807, 2.05) is 44.2 Å². The maximum absolute atomic E-state index is 7.36. The Hall–Kier alpha value is -2.25. The average molecular weight is 257 g/mol. The highest BCUT2D eigenvalue weighted by molar-refractivity contribution is 5.83. The van der Waals surface area contributed by atoms with E-state index in [-0.39, 0.29) is 6.23 Å². The van der Waals surface area contributed by atoms with Gasteiger partial charge < -0.3 is 21.2 Å². The fourth-order valence-electron chi connectivity index (χ4n) is 1.43. The summed E-state index contributed by atoms with van der Waals surface area (Å²) in [4.78, 5) is 0. The number of nitrogens with one attached hydrogen (secondary N) is 2. The zero-order valence-corrected chi connectivity index (χ0v) is 11.2. The molecule has 0 aliphatic heterocycles. The maximum Gasteiger partial charge on any atom is 0.125 e. The minimum Gasteiger partial charge on any atom is -0.384 e. The molecule has 0 amide bonds. The average Bonchev–Trinajstić information content (AvgIpc) is 2.40. The largest absolute Gasteiger partial charge is 0.384 e. The van der Waals surface area contributed by atoms with E-state index in [0.717, 1.165) is 11.8 Å². The molecule has 0 heterocycles. The molecule has 1 atom stereocenters. The monoisotopic (exact) mass is 257 g/mol. The molecule has 0 radical (unpaired) electrons. The Labute approximate surface area is 114 Å². The van der Waals surface area contributed by atoms with Gasteiger partial charge >= 0.3 is 0 Å². The Morgan fingerprint density at radius 2 is 2.16 bits per heavy atom. The molecular weight excluding hydrogens is 238 g/mol. The molecule has 0 aliphatic carbocycles. The van der Waals surface area contributed by atoms with Crippen LogP contribution in [-0.2, 0) is 4.74 Å². The van der Waals surface area contributed by atoms with Gasteiger partial charge in [0.2, 0.25) is 0 Å². The van der Waals surface area contributed by atoms with E-state index in [4.69, 9.17) is 15.9 Å². The van der Waals surface area contributed by atoms with Crippen LogP contribution in [0.15, 0.2) is 41.7 Å². The first-order valence-electron chi connectivity index (χ1n) is 6.12. The minimum absolute atomic E-state index is 0.210. The van der Waals surface area contributed by atoms with Gasteiger partial charge in [0.25, 0.3) is 0 Å². The number of hydrogen-bond acceptors (Lipinski definition) is 4. The van der Waals surface area contributed by atoms with Crippen LogP contribution in [0.3, 0.4) is 0 Å². The minimum atomic E-state index is -0.210. The van der Waals surface area contributed by atoms with Crippen LogP contribution in [0, 0.1) is 17.3 Å². The number of rotatable bonds is 5. The van der Waals surface area contributed by atoms with Crippen molar-refractivity contribution in [1.82, 2.24) is 5.32 Å². The Balaban J connectivity index is 2.82. The van der Waals surface area contributed by atoms with Gasteiger partial charge in [-0.1, -0.05) is 30.0 Å². The second kappa shape index (κ2) is 7.96. The number of ether oxygens (including phenoxy) is 1. The van der Waals surface area contributed by atoms with Crippen molar-refractivity contribution in [1.29, 1.82) is 5.41 Å². The molecule has 19 heavy (non-hydrogen) atoms. The van der Waals surface area contributed by atoms with Gasteiger partial charge in [0, 0.05) is 18.4 Å². The molecule has 0 saturated carbocycles. The van der Waals surface area contributed by atoms with Gasteiger partial charge in [-0.05, 0) is 26.0 Å².